The number of hydrogen-bond donors (Lipinski definition) is 1. The Hall–Kier alpha value is -1.93. The van der Waals surface area contributed by atoms with Crippen LogP contribution < -0.4 is 0 Å². The quantitative estimate of drug-likeness (QED) is 0.830. The molecule has 0 fully saturated rings. The van der Waals surface area contributed by atoms with Gasteiger partial charge < -0.3 is 5.11 Å². The summed E-state index contributed by atoms with van der Waals surface area (Å²) in [5.74, 6) is -0.0651. The fraction of sp³-hybridized carbons (Fsp3) is 0.235. The second-order valence-electron chi connectivity index (χ2n) is 4.76. The molecular weight excluding hydrogens is 236 g/mol. The van der Waals surface area contributed by atoms with Crippen molar-refractivity contribution in [2.24, 2.45) is 0 Å². The maximum absolute atomic E-state index is 12.0. The second-order valence-corrected chi connectivity index (χ2v) is 4.76. The summed E-state index contributed by atoms with van der Waals surface area (Å²) in [6.07, 6.45) is -0.504. The largest absolute Gasteiger partial charge is 0.392 e. The molecule has 0 saturated heterocycles. The lowest BCUT2D eigenvalue weighted by molar-refractivity contribution is 0.0844. The third-order valence-electron chi connectivity index (χ3n) is 3.39. The van der Waals surface area contributed by atoms with Crippen LogP contribution >= 0.6 is 0 Å². The highest BCUT2D eigenvalue weighted by molar-refractivity contribution is 5.96. The van der Waals surface area contributed by atoms with Crippen LogP contribution in [0.1, 0.15) is 35.2 Å². The first kappa shape index (κ1) is 13.5. The maximum Gasteiger partial charge on any atom is 0.165 e. The van der Waals surface area contributed by atoms with Gasteiger partial charge in [-0.3, -0.25) is 4.79 Å². The van der Waals surface area contributed by atoms with E-state index < -0.39 is 6.10 Å². The highest BCUT2D eigenvalue weighted by atomic mass is 16.3. The van der Waals surface area contributed by atoms with Crippen molar-refractivity contribution in [1.82, 2.24) is 0 Å². The van der Waals surface area contributed by atoms with Crippen molar-refractivity contribution < 1.29 is 9.90 Å². The molecule has 2 aromatic carbocycles. The third-order valence-corrected chi connectivity index (χ3v) is 3.39. The van der Waals surface area contributed by atoms with Gasteiger partial charge in [0.05, 0.1) is 6.10 Å². The van der Waals surface area contributed by atoms with Gasteiger partial charge in [0.25, 0.3) is 0 Å². The monoisotopic (exact) mass is 254 g/mol. The Bertz CT molecular complexity index is 519. The summed E-state index contributed by atoms with van der Waals surface area (Å²) in [4.78, 5) is 12.0. The second kappa shape index (κ2) is 6.30. The molecule has 0 saturated carbocycles. The first-order chi connectivity index (χ1) is 9.18. The molecule has 1 N–H and O–H groups in total. The lowest BCUT2D eigenvalue weighted by Crippen LogP contribution is -2.20. The number of rotatable bonds is 5. The van der Waals surface area contributed by atoms with Crippen LogP contribution in [0.3, 0.4) is 0 Å². The zero-order chi connectivity index (χ0) is 13.7. The molecule has 0 aliphatic rings. The first-order valence-corrected chi connectivity index (χ1v) is 6.49. The SMILES string of the molecule is CC(c1ccccc1)[C@H](O)CC(=O)c1ccccc1. The van der Waals surface area contributed by atoms with Crippen LogP contribution in [0.15, 0.2) is 60.7 Å². The predicted molar refractivity (Wildman–Crippen MR) is 76.3 cm³/mol. The Kier molecular flexibility index (Phi) is 4.48. The van der Waals surface area contributed by atoms with Crippen molar-refractivity contribution >= 4 is 5.78 Å². The highest BCUT2D eigenvalue weighted by Crippen LogP contribution is 2.22. The summed E-state index contributed by atoms with van der Waals surface area (Å²) in [6, 6.07) is 18.9. The Balaban J connectivity index is 2.02. The lowest BCUT2D eigenvalue weighted by Gasteiger charge is -2.18. The lowest BCUT2D eigenvalue weighted by atomic mass is 9.91. The van der Waals surface area contributed by atoms with Crippen molar-refractivity contribution in [3.8, 4) is 0 Å². The maximum atomic E-state index is 12.0. The van der Waals surface area contributed by atoms with Gasteiger partial charge in [-0.1, -0.05) is 67.6 Å². The van der Waals surface area contributed by atoms with E-state index in [1.54, 1.807) is 12.1 Å². The molecule has 1 unspecified atom stereocenters. The molecule has 2 aromatic rings. The number of hydrogen-bond acceptors (Lipinski definition) is 2. The molecule has 0 aliphatic heterocycles. The summed E-state index contributed by atoms with van der Waals surface area (Å²) in [5.41, 5.74) is 1.71. The average molecular weight is 254 g/mol. The van der Waals surface area contributed by atoms with Gasteiger partial charge in [0.2, 0.25) is 0 Å². The molecule has 0 radical (unpaired) electrons. The minimum atomic E-state index is -0.657. The number of carbonyl (C=O) groups is 1. The molecule has 19 heavy (non-hydrogen) atoms. The Morgan fingerprint density at radius 2 is 1.53 bits per heavy atom. The average Bonchev–Trinajstić information content (AvgIpc) is 2.48. The van der Waals surface area contributed by atoms with Gasteiger partial charge >= 0.3 is 0 Å². The van der Waals surface area contributed by atoms with Gasteiger partial charge in [-0.05, 0) is 5.56 Å². The fourth-order valence-corrected chi connectivity index (χ4v) is 2.09. The van der Waals surface area contributed by atoms with E-state index in [0.717, 1.165) is 5.56 Å². The molecule has 0 aromatic heterocycles. The number of aliphatic hydroxyl groups is 1. The van der Waals surface area contributed by atoms with E-state index in [0.29, 0.717) is 5.56 Å². The number of aliphatic hydroxyl groups excluding tert-OH is 1. The molecule has 2 rings (SSSR count). The molecule has 0 heterocycles. The summed E-state index contributed by atoms with van der Waals surface area (Å²) in [6.45, 7) is 1.94. The molecule has 2 heteroatoms. The molecule has 0 spiro atoms. The number of benzene rings is 2. The van der Waals surface area contributed by atoms with Crippen LogP contribution in [0.5, 0.6) is 0 Å². The molecule has 2 nitrogen and oxygen atoms in total. The van der Waals surface area contributed by atoms with E-state index in [4.69, 9.17) is 0 Å². The van der Waals surface area contributed by atoms with E-state index in [2.05, 4.69) is 0 Å². The Labute approximate surface area is 113 Å². The van der Waals surface area contributed by atoms with E-state index in [1.165, 1.54) is 0 Å². The van der Waals surface area contributed by atoms with Crippen LogP contribution in [-0.2, 0) is 0 Å². The van der Waals surface area contributed by atoms with Gasteiger partial charge in [0, 0.05) is 17.9 Å². The van der Waals surface area contributed by atoms with Crippen molar-refractivity contribution in [1.29, 1.82) is 0 Å². The summed E-state index contributed by atoms with van der Waals surface area (Å²) >= 11 is 0. The number of Topliss-reactive ketones (excluding diaryl/α,β-unsaturated/α-hetero) is 1. The van der Waals surface area contributed by atoms with Gasteiger partial charge in [0.15, 0.2) is 5.78 Å². The third kappa shape index (κ3) is 3.52. The molecule has 0 amide bonds. The van der Waals surface area contributed by atoms with E-state index in [-0.39, 0.29) is 18.1 Å². The van der Waals surface area contributed by atoms with Crippen LogP contribution in [0.4, 0.5) is 0 Å². The summed E-state index contributed by atoms with van der Waals surface area (Å²) in [5, 5.41) is 10.2. The minimum absolute atomic E-state index is 0.0177. The van der Waals surface area contributed by atoms with Crippen molar-refractivity contribution in [2.45, 2.75) is 25.4 Å². The fourth-order valence-electron chi connectivity index (χ4n) is 2.09. The normalized spacial score (nSPS) is 13.8. The Morgan fingerprint density at radius 3 is 2.11 bits per heavy atom. The van der Waals surface area contributed by atoms with Crippen LogP contribution in [-0.4, -0.2) is 17.0 Å². The predicted octanol–water partition coefficient (Wildman–Crippen LogP) is 3.42. The summed E-state index contributed by atoms with van der Waals surface area (Å²) < 4.78 is 0. The smallest absolute Gasteiger partial charge is 0.165 e. The number of ketones is 1. The number of carbonyl (C=O) groups excluding carboxylic acids is 1. The van der Waals surface area contributed by atoms with Crippen molar-refractivity contribution in [3.05, 3.63) is 71.8 Å². The van der Waals surface area contributed by atoms with Crippen molar-refractivity contribution in [3.63, 3.8) is 0 Å². The van der Waals surface area contributed by atoms with Crippen LogP contribution in [0.25, 0.3) is 0 Å². The van der Waals surface area contributed by atoms with Gasteiger partial charge in [0.1, 0.15) is 0 Å². The first-order valence-electron chi connectivity index (χ1n) is 6.49. The van der Waals surface area contributed by atoms with Crippen LogP contribution in [0.2, 0.25) is 0 Å². The van der Waals surface area contributed by atoms with Gasteiger partial charge in [-0.25, -0.2) is 0 Å². The Morgan fingerprint density at radius 1 is 1.00 bits per heavy atom. The van der Waals surface area contributed by atoms with E-state index in [1.807, 2.05) is 55.5 Å². The minimum Gasteiger partial charge on any atom is -0.392 e. The summed E-state index contributed by atoms with van der Waals surface area (Å²) in [7, 11) is 0. The van der Waals surface area contributed by atoms with Gasteiger partial charge in [-0.2, -0.15) is 0 Å². The molecular formula is C17H18O2. The van der Waals surface area contributed by atoms with Crippen LogP contribution in [0, 0.1) is 0 Å². The standard InChI is InChI=1S/C17H18O2/c1-13(14-8-4-2-5-9-14)16(18)12-17(19)15-10-6-3-7-11-15/h2-11,13,16,18H,12H2,1H3/t13?,16-/m1/s1. The van der Waals surface area contributed by atoms with E-state index >= 15 is 0 Å². The molecule has 0 bridgehead atoms. The van der Waals surface area contributed by atoms with Gasteiger partial charge in [-0.15, -0.1) is 0 Å². The molecule has 98 valence electrons. The van der Waals surface area contributed by atoms with E-state index in [9.17, 15) is 9.90 Å². The van der Waals surface area contributed by atoms with Crippen molar-refractivity contribution in [2.75, 3.05) is 0 Å². The zero-order valence-corrected chi connectivity index (χ0v) is 11.0. The topological polar surface area (TPSA) is 37.3 Å². The molecule has 0 aliphatic carbocycles. The zero-order valence-electron chi connectivity index (χ0n) is 11.0. The highest BCUT2D eigenvalue weighted by Gasteiger charge is 2.19. The molecule has 2 atom stereocenters.